The molecule has 2 aromatic rings. The average Bonchev–Trinajstić information content (AvgIpc) is 2.48. The molecule has 0 heterocycles. The van der Waals surface area contributed by atoms with Gasteiger partial charge in [0, 0.05) is 5.02 Å². The molecule has 0 aliphatic rings. The predicted octanol–water partition coefficient (Wildman–Crippen LogP) is 3.41. The Labute approximate surface area is 141 Å². The molecule has 2 aromatic carbocycles. The molecule has 3 N–H and O–H groups in total. The second-order valence-corrected chi connectivity index (χ2v) is 5.29. The first-order valence-electron chi connectivity index (χ1n) is 6.31. The SMILES string of the molecule is O=C(COc1ccc(Cl)cc1Cl)Nc1cc(C(=O)O)ccc1O. The third kappa shape index (κ3) is 4.51. The lowest BCUT2D eigenvalue weighted by Gasteiger charge is -2.10. The maximum absolute atomic E-state index is 11.8. The van der Waals surface area contributed by atoms with Gasteiger partial charge in [-0.3, -0.25) is 4.79 Å². The summed E-state index contributed by atoms with van der Waals surface area (Å²) in [5, 5.41) is 21.6. The molecule has 0 saturated heterocycles. The molecule has 23 heavy (non-hydrogen) atoms. The van der Waals surface area contributed by atoms with Crippen LogP contribution in [-0.2, 0) is 4.79 Å². The Morgan fingerprint density at radius 3 is 2.52 bits per heavy atom. The zero-order chi connectivity index (χ0) is 17.0. The molecular weight excluding hydrogens is 345 g/mol. The number of hydrogen-bond donors (Lipinski definition) is 3. The molecule has 0 aromatic heterocycles. The van der Waals surface area contributed by atoms with Crippen molar-refractivity contribution in [2.75, 3.05) is 11.9 Å². The fourth-order valence-corrected chi connectivity index (χ4v) is 2.15. The fraction of sp³-hybridized carbons (Fsp3) is 0.0667. The van der Waals surface area contributed by atoms with E-state index in [4.69, 9.17) is 33.0 Å². The summed E-state index contributed by atoms with van der Waals surface area (Å²) in [6.45, 7) is -0.377. The van der Waals surface area contributed by atoms with Crippen molar-refractivity contribution in [1.29, 1.82) is 0 Å². The van der Waals surface area contributed by atoms with Crippen LogP contribution in [0.25, 0.3) is 0 Å². The second-order valence-electron chi connectivity index (χ2n) is 4.45. The number of aromatic carboxylic acids is 1. The lowest BCUT2D eigenvalue weighted by Crippen LogP contribution is -2.20. The summed E-state index contributed by atoms with van der Waals surface area (Å²) in [7, 11) is 0. The minimum Gasteiger partial charge on any atom is -0.506 e. The van der Waals surface area contributed by atoms with Crippen LogP contribution in [-0.4, -0.2) is 28.7 Å². The average molecular weight is 356 g/mol. The number of rotatable bonds is 5. The number of halogens is 2. The number of ether oxygens (including phenoxy) is 1. The van der Waals surface area contributed by atoms with E-state index in [0.717, 1.165) is 6.07 Å². The molecule has 0 atom stereocenters. The summed E-state index contributed by atoms with van der Waals surface area (Å²) >= 11 is 11.7. The number of carboxylic acids is 1. The predicted molar refractivity (Wildman–Crippen MR) is 85.7 cm³/mol. The van der Waals surface area contributed by atoms with Gasteiger partial charge in [0.15, 0.2) is 6.61 Å². The van der Waals surface area contributed by atoms with Gasteiger partial charge in [0.1, 0.15) is 11.5 Å². The van der Waals surface area contributed by atoms with Gasteiger partial charge in [-0.15, -0.1) is 0 Å². The van der Waals surface area contributed by atoms with Crippen LogP contribution in [0.5, 0.6) is 11.5 Å². The van der Waals surface area contributed by atoms with Gasteiger partial charge in [-0.05, 0) is 36.4 Å². The van der Waals surface area contributed by atoms with Gasteiger partial charge in [-0.25, -0.2) is 4.79 Å². The molecule has 0 aliphatic heterocycles. The molecule has 1 amide bonds. The molecule has 6 nitrogen and oxygen atoms in total. The van der Waals surface area contributed by atoms with Crippen LogP contribution in [0.1, 0.15) is 10.4 Å². The first kappa shape index (κ1) is 16.9. The highest BCUT2D eigenvalue weighted by atomic mass is 35.5. The molecule has 120 valence electrons. The number of phenols is 1. The third-order valence-corrected chi connectivity index (χ3v) is 3.30. The Bertz CT molecular complexity index is 764. The van der Waals surface area contributed by atoms with Gasteiger partial charge in [0.25, 0.3) is 5.91 Å². The number of carbonyl (C=O) groups excluding carboxylic acids is 1. The molecule has 8 heteroatoms. The van der Waals surface area contributed by atoms with Crippen LogP contribution in [0.3, 0.4) is 0 Å². The molecule has 0 radical (unpaired) electrons. The smallest absolute Gasteiger partial charge is 0.335 e. The molecule has 0 aliphatic carbocycles. The van der Waals surface area contributed by atoms with Gasteiger partial charge in [0.2, 0.25) is 0 Å². The number of phenolic OH excluding ortho intramolecular Hbond substituents is 1. The van der Waals surface area contributed by atoms with Gasteiger partial charge in [-0.2, -0.15) is 0 Å². The Balaban J connectivity index is 2.02. The number of benzene rings is 2. The Morgan fingerprint density at radius 1 is 1.13 bits per heavy atom. The molecule has 0 fully saturated rings. The summed E-state index contributed by atoms with van der Waals surface area (Å²) in [6.07, 6.45) is 0. The normalized spacial score (nSPS) is 10.2. The molecule has 0 bridgehead atoms. The molecule has 2 rings (SSSR count). The lowest BCUT2D eigenvalue weighted by molar-refractivity contribution is -0.118. The van der Waals surface area contributed by atoms with Crippen molar-refractivity contribution in [1.82, 2.24) is 0 Å². The lowest BCUT2D eigenvalue weighted by atomic mass is 10.2. The zero-order valence-electron chi connectivity index (χ0n) is 11.5. The highest BCUT2D eigenvalue weighted by Crippen LogP contribution is 2.28. The van der Waals surface area contributed by atoms with Crippen LogP contribution in [0, 0.1) is 0 Å². The summed E-state index contributed by atoms with van der Waals surface area (Å²) < 4.78 is 5.24. The number of aromatic hydroxyl groups is 1. The van der Waals surface area contributed by atoms with Crippen molar-refractivity contribution in [2.24, 2.45) is 0 Å². The fourth-order valence-electron chi connectivity index (χ4n) is 1.69. The Hall–Kier alpha value is -2.44. The monoisotopic (exact) mass is 355 g/mol. The maximum atomic E-state index is 11.8. The molecular formula is C15H11Cl2NO5. The topological polar surface area (TPSA) is 95.9 Å². The first-order chi connectivity index (χ1) is 10.9. The summed E-state index contributed by atoms with van der Waals surface area (Å²) in [4.78, 5) is 22.7. The highest BCUT2D eigenvalue weighted by molar-refractivity contribution is 6.35. The number of anilines is 1. The van der Waals surface area contributed by atoms with Crippen molar-refractivity contribution in [3.63, 3.8) is 0 Å². The summed E-state index contributed by atoms with van der Waals surface area (Å²) in [5.74, 6) is -1.75. The third-order valence-electron chi connectivity index (χ3n) is 2.77. The van der Waals surface area contributed by atoms with Crippen LogP contribution < -0.4 is 10.1 Å². The van der Waals surface area contributed by atoms with E-state index in [1.54, 1.807) is 6.07 Å². The van der Waals surface area contributed by atoms with Gasteiger partial charge in [0.05, 0.1) is 16.3 Å². The molecule has 0 unspecified atom stereocenters. The van der Waals surface area contributed by atoms with E-state index in [9.17, 15) is 14.7 Å². The van der Waals surface area contributed by atoms with Crippen molar-refractivity contribution < 1.29 is 24.5 Å². The van der Waals surface area contributed by atoms with E-state index >= 15 is 0 Å². The van der Waals surface area contributed by atoms with Crippen molar-refractivity contribution in [2.45, 2.75) is 0 Å². The van der Waals surface area contributed by atoms with Crippen LogP contribution >= 0.6 is 23.2 Å². The van der Waals surface area contributed by atoms with E-state index in [0.29, 0.717) is 5.02 Å². The number of hydrogen-bond acceptors (Lipinski definition) is 4. The quantitative estimate of drug-likeness (QED) is 0.714. The standard InChI is InChI=1S/C15H11Cl2NO5/c16-9-2-4-13(10(17)6-9)23-7-14(20)18-11-5-8(15(21)22)1-3-12(11)19/h1-6,19H,7H2,(H,18,20)(H,21,22). The first-order valence-corrected chi connectivity index (χ1v) is 7.06. The minimum atomic E-state index is -1.18. The molecule has 0 spiro atoms. The van der Waals surface area contributed by atoms with Gasteiger partial charge in [-0.1, -0.05) is 23.2 Å². The van der Waals surface area contributed by atoms with E-state index in [-0.39, 0.29) is 34.4 Å². The number of carbonyl (C=O) groups is 2. The van der Waals surface area contributed by atoms with Crippen molar-refractivity contribution >= 4 is 40.8 Å². The van der Waals surface area contributed by atoms with E-state index < -0.39 is 11.9 Å². The molecule has 0 saturated carbocycles. The summed E-state index contributed by atoms with van der Waals surface area (Å²) in [6, 6.07) is 8.08. The van der Waals surface area contributed by atoms with Gasteiger partial charge < -0.3 is 20.3 Å². The maximum Gasteiger partial charge on any atom is 0.335 e. The van der Waals surface area contributed by atoms with Crippen LogP contribution in [0.2, 0.25) is 10.0 Å². The highest BCUT2D eigenvalue weighted by Gasteiger charge is 2.12. The van der Waals surface area contributed by atoms with E-state index in [2.05, 4.69) is 5.32 Å². The Morgan fingerprint density at radius 2 is 1.87 bits per heavy atom. The second kappa shape index (κ2) is 7.21. The van der Waals surface area contributed by atoms with Crippen molar-refractivity contribution in [3.8, 4) is 11.5 Å². The summed E-state index contributed by atoms with van der Waals surface area (Å²) in [5.41, 5.74) is -0.0968. The number of amides is 1. The van der Waals surface area contributed by atoms with Gasteiger partial charge >= 0.3 is 5.97 Å². The zero-order valence-corrected chi connectivity index (χ0v) is 13.1. The van der Waals surface area contributed by atoms with Crippen LogP contribution in [0.15, 0.2) is 36.4 Å². The largest absolute Gasteiger partial charge is 0.506 e. The van der Waals surface area contributed by atoms with E-state index in [1.807, 2.05) is 0 Å². The van der Waals surface area contributed by atoms with Crippen molar-refractivity contribution in [3.05, 3.63) is 52.0 Å². The van der Waals surface area contributed by atoms with E-state index in [1.165, 1.54) is 24.3 Å². The Kier molecular flexibility index (Phi) is 5.31. The number of carboxylic acid groups (broad SMARTS) is 1. The van der Waals surface area contributed by atoms with Crippen LogP contribution in [0.4, 0.5) is 5.69 Å². The number of nitrogens with one attached hydrogen (secondary N) is 1. The minimum absolute atomic E-state index is 0.0271.